The molecule has 1 N–H and O–H groups in total. The molecule has 20 heavy (non-hydrogen) atoms. The summed E-state index contributed by atoms with van der Waals surface area (Å²) < 4.78 is 3.02. The first-order chi connectivity index (χ1) is 9.47. The lowest BCUT2D eigenvalue weighted by Crippen LogP contribution is -2.30. The third-order valence-corrected chi connectivity index (χ3v) is 2.78. The van der Waals surface area contributed by atoms with Crippen molar-refractivity contribution in [1.82, 2.24) is 29.4 Å². The van der Waals surface area contributed by atoms with Gasteiger partial charge in [0, 0.05) is 26.5 Å². The average molecular weight is 278 g/mol. The summed E-state index contributed by atoms with van der Waals surface area (Å²) >= 11 is 0. The summed E-state index contributed by atoms with van der Waals surface area (Å²) in [5.41, 5.74) is -0.190. The average Bonchev–Trinajstić information content (AvgIpc) is 2.99. The highest BCUT2D eigenvalue weighted by molar-refractivity contribution is 5.84. The number of nitrogens with zero attached hydrogens (tertiary/aromatic N) is 6. The molecule has 2 aromatic heterocycles. The number of hydrogen-bond donors (Lipinski definition) is 1. The summed E-state index contributed by atoms with van der Waals surface area (Å²) in [5.74, 6) is -0.634. The fourth-order valence-electron chi connectivity index (χ4n) is 1.58. The first-order valence-electron chi connectivity index (χ1n) is 5.81. The van der Waals surface area contributed by atoms with Gasteiger partial charge in [0.1, 0.15) is 12.4 Å². The SMILES string of the molecule is CN(Cc1nccn1C)C(=O)Cn1cc(C(=O)O)nn1. The number of likely N-dealkylation sites (N-methyl/N-ethyl adjacent to an activating group) is 1. The predicted octanol–water partition coefficient (Wildman–Crippen LogP) is -0.632. The molecule has 9 nitrogen and oxygen atoms in total. The van der Waals surface area contributed by atoms with E-state index < -0.39 is 5.97 Å². The van der Waals surface area contributed by atoms with E-state index in [1.807, 2.05) is 11.6 Å². The minimum atomic E-state index is -1.18. The van der Waals surface area contributed by atoms with Crippen LogP contribution in [0.15, 0.2) is 18.6 Å². The summed E-state index contributed by atoms with van der Waals surface area (Å²) in [5, 5.41) is 15.8. The van der Waals surface area contributed by atoms with E-state index in [-0.39, 0.29) is 18.1 Å². The maximum atomic E-state index is 12.0. The summed E-state index contributed by atoms with van der Waals surface area (Å²) in [6, 6.07) is 0. The Kier molecular flexibility index (Phi) is 3.78. The Bertz CT molecular complexity index is 632. The second-order valence-corrected chi connectivity index (χ2v) is 4.31. The molecule has 0 spiro atoms. The molecule has 0 saturated heterocycles. The lowest BCUT2D eigenvalue weighted by molar-refractivity contribution is -0.131. The topological polar surface area (TPSA) is 106 Å². The molecule has 9 heteroatoms. The third-order valence-electron chi connectivity index (χ3n) is 2.78. The molecule has 0 saturated carbocycles. The van der Waals surface area contributed by atoms with E-state index in [1.54, 1.807) is 19.4 Å². The van der Waals surface area contributed by atoms with Gasteiger partial charge < -0.3 is 14.6 Å². The number of carbonyl (C=O) groups is 2. The third kappa shape index (κ3) is 2.99. The van der Waals surface area contributed by atoms with Crippen molar-refractivity contribution in [2.75, 3.05) is 7.05 Å². The summed E-state index contributed by atoms with van der Waals surface area (Å²) in [4.78, 5) is 28.3. The molecule has 2 aromatic rings. The number of carboxylic acid groups (broad SMARTS) is 1. The van der Waals surface area contributed by atoms with Gasteiger partial charge in [-0.25, -0.2) is 14.5 Å². The number of imidazole rings is 1. The highest BCUT2D eigenvalue weighted by atomic mass is 16.4. The van der Waals surface area contributed by atoms with Crippen molar-refractivity contribution in [2.45, 2.75) is 13.1 Å². The van der Waals surface area contributed by atoms with Gasteiger partial charge in [0.2, 0.25) is 5.91 Å². The standard InChI is InChI=1S/C11H14N6O3/c1-15-4-3-12-9(15)6-16(2)10(18)7-17-5-8(11(19)20)13-14-17/h3-5H,6-7H2,1-2H3,(H,19,20). The molecular weight excluding hydrogens is 264 g/mol. The minimum Gasteiger partial charge on any atom is -0.476 e. The fourth-order valence-corrected chi connectivity index (χ4v) is 1.58. The van der Waals surface area contributed by atoms with Crippen LogP contribution in [0, 0.1) is 0 Å². The van der Waals surface area contributed by atoms with E-state index in [2.05, 4.69) is 15.3 Å². The van der Waals surface area contributed by atoms with Crippen LogP contribution in [0.3, 0.4) is 0 Å². The molecule has 0 radical (unpaired) electrons. The van der Waals surface area contributed by atoms with Crippen molar-refractivity contribution in [3.05, 3.63) is 30.1 Å². The van der Waals surface area contributed by atoms with Gasteiger partial charge >= 0.3 is 5.97 Å². The molecule has 1 amide bonds. The van der Waals surface area contributed by atoms with Crippen LogP contribution in [0.1, 0.15) is 16.3 Å². The van der Waals surface area contributed by atoms with Gasteiger partial charge in [-0.15, -0.1) is 5.10 Å². The van der Waals surface area contributed by atoms with E-state index in [4.69, 9.17) is 5.11 Å². The van der Waals surface area contributed by atoms with Gasteiger partial charge in [-0.3, -0.25) is 4.79 Å². The Hall–Kier alpha value is -2.71. The van der Waals surface area contributed by atoms with E-state index >= 15 is 0 Å². The van der Waals surface area contributed by atoms with Crippen LogP contribution in [0.25, 0.3) is 0 Å². The molecule has 106 valence electrons. The zero-order valence-electron chi connectivity index (χ0n) is 11.1. The van der Waals surface area contributed by atoms with Gasteiger partial charge in [-0.05, 0) is 0 Å². The van der Waals surface area contributed by atoms with Crippen molar-refractivity contribution < 1.29 is 14.7 Å². The Morgan fingerprint density at radius 2 is 2.20 bits per heavy atom. The Morgan fingerprint density at radius 3 is 2.75 bits per heavy atom. The van der Waals surface area contributed by atoms with Gasteiger partial charge in [0.25, 0.3) is 0 Å². The van der Waals surface area contributed by atoms with Crippen LogP contribution in [0.4, 0.5) is 0 Å². The number of hydrogen-bond acceptors (Lipinski definition) is 5. The van der Waals surface area contributed by atoms with E-state index in [0.717, 1.165) is 5.82 Å². The normalized spacial score (nSPS) is 10.5. The van der Waals surface area contributed by atoms with Crippen LogP contribution in [0.5, 0.6) is 0 Å². The first-order valence-corrected chi connectivity index (χ1v) is 5.81. The molecule has 0 unspecified atom stereocenters. The molecule has 0 bridgehead atoms. The van der Waals surface area contributed by atoms with Crippen LogP contribution < -0.4 is 0 Å². The largest absolute Gasteiger partial charge is 0.476 e. The lowest BCUT2D eigenvalue weighted by Gasteiger charge is -2.16. The van der Waals surface area contributed by atoms with E-state index in [9.17, 15) is 9.59 Å². The maximum absolute atomic E-state index is 12.0. The number of amides is 1. The number of rotatable bonds is 5. The molecular formula is C11H14N6O3. The molecule has 0 aromatic carbocycles. The van der Waals surface area contributed by atoms with Gasteiger partial charge in [-0.2, -0.15) is 0 Å². The lowest BCUT2D eigenvalue weighted by atomic mass is 10.4. The summed E-state index contributed by atoms with van der Waals surface area (Å²) in [6.07, 6.45) is 4.67. The van der Waals surface area contributed by atoms with Crippen LogP contribution >= 0.6 is 0 Å². The second kappa shape index (κ2) is 5.51. The quantitative estimate of drug-likeness (QED) is 0.780. The second-order valence-electron chi connectivity index (χ2n) is 4.31. The van der Waals surface area contributed by atoms with Crippen LogP contribution in [-0.4, -0.2) is 53.5 Å². The first kappa shape index (κ1) is 13.7. The smallest absolute Gasteiger partial charge is 0.358 e. The predicted molar refractivity (Wildman–Crippen MR) is 66.7 cm³/mol. The Labute approximate surface area is 114 Å². The highest BCUT2D eigenvalue weighted by Gasteiger charge is 2.15. The van der Waals surface area contributed by atoms with E-state index in [0.29, 0.717) is 6.54 Å². The van der Waals surface area contributed by atoms with Crippen molar-refractivity contribution in [2.24, 2.45) is 7.05 Å². The molecule has 0 aliphatic carbocycles. The van der Waals surface area contributed by atoms with Gasteiger partial charge in [0.15, 0.2) is 5.69 Å². The zero-order chi connectivity index (χ0) is 14.7. The van der Waals surface area contributed by atoms with Crippen molar-refractivity contribution in [3.63, 3.8) is 0 Å². The summed E-state index contributed by atoms with van der Waals surface area (Å²) in [6.45, 7) is 0.296. The fraction of sp³-hybridized carbons (Fsp3) is 0.364. The molecule has 0 fully saturated rings. The van der Waals surface area contributed by atoms with Crippen LogP contribution in [0.2, 0.25) is 0 Å². The number of carboxylic acids is 1. The van der Waals surface area contributed by atoms with Gasteiger partial charge in [-0.1, -0.05) is 5.21 Å². The minimum absolute atomic E-state index is 0.0683. The zero-order valence-corrected chi connectivity index (χ0v) is 11.1. The monoisotopic (exact) mass is 278 g/mol. The van der Waals surface area contributed by atoms with Gasteiger partial charge in [0.05, 0.1) is 12.7 Å². The molecule has 0 aliphatic rings. The maximum Gasteiger partial charge on any atom is 0.358 e. The molecule has 2 heterocycles. The van der Waals surface area contributed by atoms with Crippen LogP contribution in [-0.2, 0) is 24.9 Å². The number of aryl methyl sites for hydroxylation is 1. The van der Waals surface area contributed by atoms with E-state index in [1.165, 1.54) is 15.8 Å². The summed E-state index contributed by atoms with van der Waals surface area (Å²) in [7, 11) is 3.49. The number of carbonyl (C=O) groups excluding carboxylic acids is 1. The molecule has 2 rings (SSSR count). The molecule has 0 atom stereocenters. The molecule has 0 aliphatic heterocycles. The number of aromatic carboxylic acids is 1. The Balaban J connectivity index is 1.97. The Morgan fingerprint density at radius 1 is 1.45 bits per heavy atom. The van der Waals surface area contributed by atoms with Crippen molar-refractivity contribution >= 4 is 11.9 Å². The van der Waals surface area contributed by atoms with Crippen molar-refractivity contribution in [1.29, 1.82) is 0 Å². The van der Waals surface area contributed by atoms with Crippen molar-refractivity contribution in [3.8, 4) is 0 Å². The highest BCUT2D eigenvalue weighted by Crippen LogP contribution is 2.01. The number of aromatic nitrogens is 5.